The molecule has 0 saturated heterocycles. The fraction of sp³-hybridized carbons (Fsp3) is 0.429. The van der Waals surface area contributed by atoms with E-state index in [0.717, 1.165) is 5.56 Å². The Kier molecular flexibility index (Phi) is 6.98. The minimum atomic E-state index is -1.82. The second-order valence-corrected chi connectivity index (χ2v) is 5.18. The van der Waals surface area contributed by atoms with Crippen LogP contribution < -0.4 is 5.32 Å². The number of phenolic OH excluding ortho intramolecular Hbond substituents is 1. The summed E-state index contributed by atoms with van der Waals surface area (Å²) in [6.45, 7) is 0.705. The first kappa shape index (κ1) is 17.3. The molecule has 0 bridgehead atoms. The summed E-state index contributed by atoms with van der Waals surface area (Å²) < 4.78 is 0. The average Bonchev–Trinajstić information content (AvgIpc) is 2.93. The highest BCUT2D eigenvalue weighted by Gasteiger charge is 2.14. The average molecular weight is 316 g/mol. The number of phenols is 1. The molecule has 4 N–H and O–H groups in total. The molecule has 0 aliphatic heterocycles. The molecule has 0 unspecified atom stereocenters. The number of nitrogens with one attached hydrogen (secondary N) is 1. The lowest BCUT2D eigenvalue weighted by Gasteiger charge is -2.12. The maximum atomic E-state index is 9.61. The Bertz CT molecular complexity index is 488. The highest BCUT2D eigenvalue weighted by molar-refractivity contribution is 6.30. The van der Waals surface area contributed by atoms with Gasteiger partial charge in [0.2, 0.25) is 0 Å². The van der Waals surface area contributed by atoms with Gasteiger partial charge in [-0.3, -0.25) is 0 Å². The van der Waals surface area contributed by atoms with Gasteiger partial charge in [-0.2, -0.15) is 0 Å². The minimum absolute atomic E-state index is 0.324. The number of aromatic hydroxyl groups is 1. The standard InChI is InChI=1S/C12H16ClNO.C2H2O4/c13-10-5-6-12(15)9(7-10)8-14-11-3-1-2-4-11;3-1(4)2(5)6/h5-7,11,14-15H,1-4,8H2;(H,3,4)(H,5,6). The predicted octanol–water partition coefficient (Wildman–Crippen LogP) is 2.23. The molecule has 21 heavy (non-hydrogen) atoms. The number of carbonyl (C=O) groups is 2. The van der Waals surface area contributed by atoms with Crippen LogP contribution in [0.3, 0.4) is 0 Å². The Labute approximate surface area is 127 Å². The maximum absolute atomic E-state index is 9.61. The molecule has 1 aromatic carbocycles. The first-order valence-corrected chi connectivity index (χ1v) is 6.95. The molecule has 2 rings (SSSR count). The summed E-state index contributed by atoms with van der Waals surface area (Å²) in [6.07, 6.45) is 5.14. The molecule has 0 spiro atoms. The fourth-order valence-electron chi connectivity index (χ4n) is 2.08. The van der Waals surface area contributed by atoms with Crippen molar-refractivity contribution in [1.29, 1.82) is 0 Å². The molecule has 1 fully saturated rings. The number of carboxylic acids is 2. The van der Waals surface area contributed by atoms with Crippen LogP contribution in [0.15, 0.2) is 18.2 Å². The van der Waals surface area contributed by atoms with Crippen molar-refractivity contribution in [2.24, 2.45) is 0 Å². The van der Waals surface area contributed by atoms with E-state index in [1.165, 1.54) is 25.7 Å². The van der Waals surface area contributed by atoms with Gasteiger partial charge in [0, 0.05) is 23.2 Å². The van der Waals surface area contributed by atoms with E-state index in [-0.39, 0.29) is 0 Å². The second-order valence-electron chi connectivity index (χ2n) is 4.75. The number of hydrogen-bond acceptors (Lipinski definition) is 4. The van der Waals surface area contributed by atoms with Gasteiger partial charge in [-0.05, 0) is 31.0 Å². The summed E-state index contributed by atoms with van der Waals surface area (Å²) in [4.78, 5) is 18.2. The molecule has 0 aromatic heterocycles. The van der Waals surface area contributed by atoms with Crippen molar-refractivity contribution in [3.63, 3.8) is 0 Å². The molecule has 0 heterocycles. The van der Waals surface area contributed by atoms with Gasteiger partial charge in [-0.25, -0.2) is 9.59 Å². The quantitative estimate of drug-likeness (QED) is 0.637. The molecule has 0 radical (unpaired) electrons. The lowest BCUT2D eigenvalue weighted by atomic mass is 10.1. The van der Waals surface area contributed by atoms with Crippen molar-refractivity contribution in [3.05, 3.63) is 28.8 Å². The van der Waals surface area contributed by atoms with Crippen molar-refractivity contribution in [3.8, 4) is 5.75 Å². The van der Waals surface area contributed by atoms with Gasteiger partial charge in [-0.1, -0.05) is 24.4 Å². The van der Waals surface area contributed by atoms with Gasteiger partial charge in [0.1, 0.15) is 5.75 Å². The van der Waals surface area contributed by atoms with Gasteiger partial charge < -0.3 is 20.6 Å². The summed E-state index contributed by atoms with van der Waals surface area (Å²) in [5.41, 5.74) is 0.884. The van der Waals surface area contributed by atoms with E-state index >= 15 is 0 Å². The van der Waals surface area contributed by atoms with E-state index in [2.05, 4.69) is 5.32 Å². The smallest absolute Gasteiger partial charge is 0.414 e. The van der Waals surface area contributed by atoms with Gasteiger partial charge >= 0.3 is 11.9 Å². The van der Waals surface area contributed by atoms with Crippen LogP contribution in [0.5, 0.6) is 5.75 Å². The number of halogens is 1. The number of aliphatic carboxylic acids is 2. The largest absolute Gasteiger partial charge is 0.508 e. The zero-order chi connectivity index (χ0) is 15.8. The molecule has 1 saturated carbocycles. The van der Waals surface area contributed by atoms with Crippen LogP contribution in [0.4, 0.5) is 0 Å². The summed E-state index contributed by atoms with van der Waals surface area (Å²) in [6, 6.07) is 5.78. The lowest BCUT2D eigenvalue weighted by Crippen LogP contribution is -2.25. The van der Waals surface area contributed by atoms with Crippen LogP contribution in [0.2, 0.25) is 5.02 Å². The van der Waals surface area contributed by atoms with Crippen molar-refractivity contribution >= 4 is 23.5 Å². The molecule has 7 heteroatoms. The van der Waals surface area contributed by atoms with Gasteiger partial charge in [0.05, 0.1) is 0 Å². The third kappa shape index (κ3) is 6.46. The molecule has 1 aliphatic rings. The molecular formula is C14H18ClNO5. The summed E-state index contributed by atoms with van der Waals surface area (Å²) >= 11 is 5.87. The Hall–Kier alpha value is -1.79. The first-order chi connectivity index (χ1) is 9.90. The van der Waals surface area contributed by atoms with E-state index in [4.69, 9.17) is 31.4 Å². The van der Waals surface area contributed by atoms with Crippen LogP contribution in [-0.4, -0.2) is 33.3 Å². The van der Waals surface area contributed by atoms with Gasteiger partial charge in [0.15, 0.2) is 0 Å². The van der Waals surface area contributed by atoms with Crippen molar-refractivity contribution in [1.82, 2.24) is 5.32 Å². The monoisotopic (exact) mass is 315 g/mol. The Morgan fingerprint density at radius 1 is 1.19 bits per heavy atom. The van der Waals surface area contributed by atoms with E-state index < -0.39 is 11.9 Å². The zero-order valence-electron chi connectivity index (χ0n) is 11.4. The predicted molar refractivity (Wildman–Crippen MR) is 77.5 cm³/mol. The van der Waals surface area contributed by atoms with Gasteiger partial charge in [-0.15, -0.1) is 0 Å². The minimum Gasteiger partial charge on any atom is -0.508 e. The Morgan fingerprint density at radius 2 is 1.76 bits per heavy atom. The van der Waals surface area contributed by atoms with Gasteiger partial charge in [0.25, 0.3) is 0 Å². The molecule has 6 nitrogen and oxygen atoms in total. The van der Waals surface area contributed by atoms with E-state index in [9.17, 15) is 5.11 Å². The second kappa shape index (κ2) is 8.49. The highest BCUT2D eigenvalue weighted by Crippen LogP contribution is 2.23. The van der Waals surface area contributed by atoms with E-state index in [1.54, 1.807) is 12.1 Å². The molecule has 0 atom stereocenters. The van der Waals surface area contributed by atoms with Crippen molar-refractivity contribution in [2.75, 3.05) is 0 Å². The normalized spacial score (nSPS) is 14.3. The fourth-order valence-corrected chi connectivity index (χ4v) is 2.27. The van der Waals surface area contributed by atoms with E-state index in [0.29, 0.717) is 23.4 Å². The Balaban J connectivity index is 0.000000315. The topological polar surface area (TPSA) is 107 Å². The van der Waals surface area contributed by atoms with Crippen molar-refractivity contribution < 1.29 is 24.9 Å². The van der Waals surface area contributed by atoms with Crippen LogP contribution in [0.1, 0.15) is 31.2 Å². The van der Waals surface area contributed by atoms with Crippen LogP contribution in [0, 0.1) is 0 Å². The lowest BCUT2D eigenvalue weighted by molar-refractivity contribution is -0.159. The maximum Gasteiger partial charge on any atom is 0.414 e. The molecule has 1 aliphatic carbocycles. The number of benzene rings is 1. The molecular weight excluding hydrogens is 298 g/mol. The Morgan fingerprint density at radius 3 is 2.29 bits per heavy atom. The SMILES string of the molecule is O=C(O)C(=O)O.Oc1ccc(Cl)cc1CNC1CCCC1. The van der Waals surface area contributed by atoms with Crippen molar-refractivity contribution in [2.45, 2.75) is 38.3 Å². The molecule has 1 aromatic rings. The first-order valence-electron chi connectivity index (χ1n) is 6.57. The van der Waals surface area contributed by atoms with Crippen LogP contribution >= 0.6 is 11.6 Å². The summed E-state index contributed by atoms with van der Waals surface area (Å²) in [5.74, 6) is -3.32. The highest BCUT2D eigenvalue weighted by atomic mass is 35.5. The summed E-state index contributed by atoms with van der Waals surface area (Å²) in [7, 11) is 0. The molecule has 0 amide bonds. The third-order valence-corrected chi connectivity index (χ3v) is 3.40. The number of hydrogen-bond donors (Lipinski definition) is 4. The third-order valence-electron chi connectivity index (χ3n) is 3.16. The summed E-state index contributed by atoms with van der Waals surface area (Å²) in [5, 5.41) is 28.5. The molecule has 116 valence electrons. The zero-order valence-corrected chi connectivity index (χ0v) is 12.1. The van der Waals surface area contributed by atoms with Crippen LogP contribution in [0.25, 0.3) is 0 Å². The van der Waals surface area contributed by atoms with E-state index in [1.807, 2.05) is 6.07 Å². The number of carboxylic acid groups (broad SMARTS) is 2. The number of rotatable bonds is 3. The van der Waals surface area contributed by atoms with Crippen LogP contribution in [-0.2, 0) is 16.1 Å².